The molecule has 0 spiro atoms. The van der Waals surface area contributed by atoms with Crippen LogP contribution in [-0.4, -0.2) is 32.9 Å². The second-order valence-electron chi connectivity index (χ2n) is 5.20. The molecular formula is C17H19ClN2O3S2. The van der Waals surface area contributed by atoms with Gasteiger partial charge in [-0.15, -0.1) is 11.8 Å². The number of thioether (sulfide) groups is 1. The molecule has 25 heavy (non-hydrogen) atoms. The quantitative estimate of drug-likeness (QED) is 0.719. The fourth-order valence-corrected chi connectivity index (χ4v) is 4.12. The van der Waals surface area contributed by atoms with Gasteiger partial charge in [-0.1, -0.05) is 42.8 Å². The van der Waals surface area contributed by atoms with Gasteiger partial charge in [0.05, 0.1) is 22.7 Å². The van der Waals surface area contributed by atoms with Crippen molar-refractivity contribution in [3.05, 3.63) is 53.6 Å². The summed E-state index contributed by atoms with van der Waals surface area (Å²) in [5.74, 6) is 0.427. The number of hydrogen-bond donors (Lipinski definition) is 1. The van der Waals surface area contributed by atoms with E-state index >= 15 is 0 Å². The Morgan fingerprint density at radius 1 is 1.16 bits per heavy atom. The lowest BCUT2D eigenvalue weighted by Crippen LogP contribution is -2.37. The molecule has 0 aliphatic carbocycles. The molecule has 2 aromatic carbocycles. The molecule has 5 nitrogen and oxygen atoms in total. The Balaban J connectivity index is 2.23. The highest BCUT2D eigenvalue weighted by atomic mass is 35.5. The summed E-state index contributed by atoms with van der Waals surface area (Å²) < 4.78 is 25.2. The Hall–Kier alpha value is -1.70. The lowest BCUT2D eigenvalue weighted by Gasteiger charge is -2.23. The highest BCUT2D eigenvalue weighted by Crippen LogP contribution is 2.28. The molecule has 2 rings (SSSR count). The van der Waals surface area contributed by atoms with Crippen molar-refractivity contribution in [2.45, 2.75) is 11.8 Å². The number of para-hydroxylation sites is 2. The number of nitrogens with zero attached hydrogens (tertiary/aromatic N) is 1. The third kappa shape index (κ3) is 5.39. The van der Waals surface area contributed by atoms with E-state index in [0.29, 0.717) is 5.69 Å². The van der Waals surface area contributed by atoms with Gasteiger partial charge in [0.2, 0.25) is 15.9 Å². The van der Waals surface area contributed by atoms with Gasteiger partial charge >= 0.3 is 0 Å². The standard InChI is InChI=1S/C17H19ClN2O3S2/c1-3-24-16-11-7-5-9-14(16)19-17(21)12-20(25(2,22)23)15-10-6-4-8-13(15)18/h4-11H,3,12H2,1-2H3,(H,19,21). The molecule has 0 bridgehead atoms. The van der Waals surface area contributed by atoms with E-state index in [9.17, 15) is 13.2 Å². The average molecular weight is 399 g/mol. The van der Waals surface area contributed by atoms with Crippen molar-refractivity contribution in [2.75, 3.05) is 28.2 Å². The largest absolute Gasteiger partial charge is 0.323 e. The van der Waals surface area contributed by atoms with Crippen LogP contribution in [0.1, 0.15) is 6.92 Å². The van der Waals surface area contributed by atoms with Gasteiger partial charge in [0.1, 0.15) is 6.54 Å². The molecule has 1 N–H and O–H groups in total. The molecule has 0 fully saturated rings. The maximum absolute atomic E-state index is 12.4. The number of anilines is 2. The van der Waals surface area contributed by atoms with Crippen LogP contribution in [0.15, 0.2) is 53.4 Å². The van der Waals surface area contributed by atoms with Crippen LogP contribution in [0.5, 0.6) is 0 Å². The molecule has 1 amide bonds. The van der Waals surface area contributed by atoms with Gasteiger partial charge < -0.3 is 5.32 Å². The number of rotatable bonds is 7. The molecule has 0 radical (unpaired) electrons. The van der Waals surface area contributed by atoms with Crippen molar-refractivity contribution in [3.63, 3.8) is 0 Å². The Kier molecular flexibility index (Phi) is 6.75. The first-order chi connectivity index (χ1) is 11.8. The van der Waals surface area contributed by atoms with Crippen LogP contribution in [-0.2, 0) is 14.8 Å². The van der Waals surface area contributed by atoms with Crippen LogP contribution in [0.25, 0.3) is 0 Å². The molecule has 0 atom stereocenters. The minimum Gasteiger partial charge on any atom is -0.323 e. The number of amides is 1. The number of nitrogens with one attached hydrogen (secondary N) is 1. The van der Waals surface area contributed by atoms with E-state index in [4.69, 9.17) is 11.6 Å². The highest BCUT2D eigenvalue weighted by Gasteiger charge is 2.23. The molecule has 0 aliphatic rings. The van der Waals surface area contributed by atoms with Crippen LogP contribution < -0.4 is 9.62 Å². The molecular weight excluding hydrogens is 380 g/mol. The van der Waals surface area contributed by atoms with Gasteiger partial charge in [0.25, 0.3) is 0 Å². The number of sulfonamides is 1. The Morgan fingerprint density at radius 2 is 1.80 bits per heavy atom. The van der Waals surface area contributed by atoms with Crippen LogP contribution in [0, 0.1) is 0 Å². The summed E-state index contributed by atoms with van der Waals surface area (Å²) >= 11 is 7.69. The number of carbonyl (C=O) groups is 1. The molecule has 8 heteroatoms. The molecule has 0 unspecified atom stereocenters. The second-order valence-corrected chi connectivity index (χ2v) is 8.82. The van der Waals surface area contributed by atoms with Gasteiger partial charge in [0.15, 0.2) is 0 Å². The fraction of sp³-hybridized carbons (Fsp3) is 0.235. The van der Waals surface area contributed by atoms with E-state index in [1.54, 1.807) is 42.1 Å². The third-order valence-corrected chi connectivity index (χ3v) is 5.67. The van der Waals surface area contributed by atoms with E-state index in [2.05, 4.69) is 5.32 Å². The van der Waals surface area contributed by atoms with Gasteiger partial charge in [-0.2, -0.15) is 0 Å². The zero-order chi connectivity index (χ0) is 18.4. The zero-order valence-corrected chi connectivity index (χ0v) is 16.3. The summed E-state index contributed by atoms with van der Waals surface area (Å²) in [7, 11) is -3.67. The minimum absolute atomic E-state index is 0.266. The Bertz CT molecular complexity index is 856. The first-order valence-corrected chi connectivity index (χ1v) is 10.8. The van der Waals surface area contributed by atoms with Crippen LogP contribution in [0.2, 0.25) is 5.02 Å². The monoisotopic (exact) mass is 398 g/mol. The lowest BCUT2D eigenvalue weighted by molar-refractivity contribution is -0.114. The van der Waals surface area contributed by atoms with Crippen molar-refractivity contribution in [3.8, 4) is 0 Å². The molecule has 2 aromatic rings. The van der Waals surface area contributed by atoms with Crippen LogP contribution >= 0.6 is 23.4 Å². The van der Waals surface area contributed by atoms with E-state index in [1.807, 2.05) is 25.1 Å². The summed E-state index contributed by atoms with van der Waals surface area (Å²) in [5, 5.41) is 3.04. The molecule has 0 aliphatic heterocycles. The van der Waals surface area contributed by atoms with Crippen molar-refractivity contribution in [1.29, 1.82) is 0 Å². The third-order valence-electron chi connectivity index (χ3n) is 3.27. The summed E-state index contributed by atoms with van der Waals surface area (Å²) in [6.45, 7) is 1.67. The molecule has 134 valence electrons. The number of halogens is 1. The number of hydrogen-bond acceptors (Lipinski definition) is 4. The van der Waals surface area contributed by atoms with E-state index in [0.717, 1.165) is 21.2 Å². The van der Waals surface area contributed by atoms with Gasteiger partial charge in [-0.05, 0) is 30.0 Å². The van der Waals surface area contributed by atoms with Crippen LogP contribution in [0.3, 0.4) is 0 Å². The van der Waals surface area contributed by atoms with Gasteiger partial charge in [-0.25, -0.2) is 8.42 Å². The van der Waals surface area contributed by atoms with Crippen LogP contribution in [0.4, 0.5) is 11.4 Å². The zero-order valence-electron chi connectivity index (χ0n) is 13.9. The van der Waals surface area contributed by atoms with Crippen molar-refractivity contribution in [1.82, 2.24) is 0 Å². The van der Waals surface area contributed by atoms with Gasteiger partial charge in [-0.3, -0.25) is 9.10 Å². The Morgan fingerprint density at radius 3 is 2.44 bits per heavy atom. The predicted molar refractivity (Wildman–Crippen MR) is 105 cm³/mol. The van der Waals surface area contributed by atoms with Crippen molar-refractivity contribution >= 4 is 50.7 Å². The second kappa shape index (κ2) is 8.60. The lowest BCUT2D eigenvalue weighted by atomic mass is 10.3. The van der Waals surface area contributed by atoms with Crippen molar-refractivity contribution in [2.24, 2.45) is 0 Å². The number of carbonyl (C=O) groups excluding carboxylic acids is 1. The molecule has 0 aromatic heterocycles. The summed E-state index contributed by atoms with van der Waals surface area (Å²) in [6.07, 6.45) is 1.05. The first-order valence-electron chi connectivity index (χ1n) is 7.57. The SMILES string of the molecule is CCSc1ccccc1NC(=O)CN(c1ccccc1Cl)S(C)(=O)=O. The minimum atomic E-state index is -3.67. The normalized spacial score (nSPS) is 11.2. The first kappa shape index (κ1) is 19.6. The van der Waals surface area contributed by atoms with E-state index < -0.39 is 15.9 Å². The summed E-state index contributed by atoms with van der Waals surface area (Å²) in [4.78, 5) is 13.4. The maximum atomic E-state index is 12.4. The summed E-state index contributed by atoms with van der Waals surface area (Å²) in [6, 6.07) is 13.9. The Labute approximate surface area is 157 Å². The number of benzene rings is 2. The maximum Gasteiger partial charge on any atom is 0.245 e. The molecule has 0 heterocycles. The van der Waals surface area contributed by atoms with E-state index in [1.165, 1.54) is 0 Å². The average Bonchev–Trinajstić information content (AvgIpc) is 2.54. The predicted octanol–water partition coefficient (Wildman–Crippen LogP) is 3.86. The summed E-state index contributed by atoms with van der Waals surface area (Å²) in [5.41, 5.74) is 0.935. The molecule has 0 saturated carbocycles. The van der Waals surface area contributed by atoms with Crippen molar-refractivity contribution < 1.29 is 13.2 Å². The topological polar surface area (TPSA) is 66.5 Å². The highest BCUT2D eigenvalue weighted by molar-refractivity contribution is 7.99. The van der Waals surface area contributed by atoms with Gasteiger partial charge in [0, 0.05) is 4.90 Å². The molecule has 0 saturated heterocycles. The smallest absolute Gasteiger partial charge is 0.245 e. The van der Waals surface area contributed by atoms with E-state index in [-0.39, 0.29) is 17.3 Å². The fourth-order valence-electron chi connectivity index (χ4n) is 2.21.